The second-order valence-corrected chi connectivity index (χ2v) is 6.67. The highest BCUT2D eigenvalue weighted by molar-refractivity contribution is 6.34. The van der Waals surface area contributed by atoms with E-state index in [1.807, 2.05) is 42.5 Å². The fourth-order valence-corrected chi connectivity index (χ4v) is 3.12. The summed E-state index contributed by atoms with van der Waals surface area (Å²) in [5.41, 5.74) is 2.91. The maximum Gasteiger partial charge on any atom is 0.335 e. The minimum Gasteiger partial charge on any atom is -0.489 e. The second kappa shape index (κ2) is 7.74. The zero-order valence-corrected chi connectivity index (χ0v) is 15.5. The van der Waals surface area contributed by atoms with Gasteiger partial charge in [-0.25, -0.2) is 9.78 Å². The van der Waals surface area contributed by atoms with Gasteiger partial charge in [-0.1, -0.05) is 48.0 Å². The van der Waals surface area contributed by atoms with E-state index in [0.29, 0.717) is 46.4 Å². The van der Waals surface area contributed by atoms with Crippen molar-refractivity contribution in [2.24, 2.45) is 0 Å². The summed E-state index contributed by atoms with van der Waals surface area (Å²) < 4.78 is 11.6. The van der Waals surface area contributed by atoms with Gasteiger partial charge in [-0.15, -0.1) is 0 Å². The molecular weight excluding hydrogens is 378 g/mol. The SMILES string of the molecule is O=C(O)c1ccc2nc(C3=C(Cl)C=C(OCc4ccccc4)C=CC3)oc2c1. The van der Waals surface area contributed by atoms with Gasteiger partial charge in [0.25, 0.3) is 0 Å². The van der Waals surface area contributed by atoms with Crippen LogP contribution in [-0.4, -0.2) is 16.1 Å². The standard InChI is InChI=1S/C22H16ClNO4/c23-18-12-16(27-13-14-5-2-1-3-6-14)7-4-8-17(18)21-24-19-10-9-15(22(25)26)11-20(19)28-21/h1-7,9-12H,8,13H2,(H,25,26). The Bertz CT molecular complexity index is 1130. The predicted molar refractivity (Wildman–Crippen MR) is 107 cm³/mol. The monoisotopic (exact) mass is 393 g/mol. The summed E-state index contributed by atoms with van der Waals surface area (Å²) in [6.07, 6.45) is 6.05. The Hall–Kier alpha value is -3.31. The van der Waals surface area contributed by atoms with E-state index in [4.69, 9.17) is 25.9 Å². The lowest BCUT2D eigenvalue weighted by atomic mass is 10.2. The molecule has 2 aromatic carbocycles. The van der Waals surface area contributed by atoms with E-state index < -0.39 is 5.97 Å². The van der Waals surface area contributed by atoms with Crippen molar-refractivity contribution in [2.45, 2.75) is 13.0 Å². The van der Waals surface area contributed by atoms with Crippen LogP contribution in [0, 0.1) is 0 Å². The van der Waals surface area contributed by atoms with E-state index in [1.165, 1.54) is 12.1 Å². The molecule has 0 atom stereocenters. The molecule has 6 heteroatoms. The van der Waals surface area contributed by atoms with E-state index in [2.05, 4.69) is 4.98 Å². The zero-order chi connectivity index (χ0) is 19.5. The number of aromatic nitrogens is 1. The molecule has 0 saturated heterocycles. The topological polar surface area (TPSA) is 72.6 Å². The first kappa shape index (κ1) is 18.1. The summed E-state index contributed by atoms with van der Waals surface area (Å²) in [6, 6.07) is 14.4. The molecule has 0 spiro atoms. The first-order valence-corrected chi connectivity index (χ1v) is 9.06. The van der Waals surface area contributed by atoms with Gasteiger partial charge >= 0.3 is 5.97 Å². The van der Waals surface area contributed by atoms with Crippen LogP contribution in [0.3, 0.4) is 0 Å². The molecular formula is C22H16ClNO4. The number of oxazole rings is 1. The number of carbonyl (C=O) groups is 1. The molecule has 5 nitrogen and oxygen atoms in total. The van der Waals surface area contributed by atoms with Crippen LogP contribution in [0.4, 0.5) is 0 Å². The third kappa shape index (κ3) is 3.85. The number of ether oxygens (including phenoxy) is 1. The molecule has 0 fully saturated rings. The van der Waals surface area contributed by atoms with Crippen LogP contribution < -0.4 is 0 Å². The van der Waals surface area contributed by atoms with Crippen molar-refractivity contribution >= 4 is 34.2 Å². The van der Waals surface area contributed by atoms with E-state index in [9.17, 15) is 4.79 Å². The molecule has 0 radical (unpaired) electrons. The smallest absolute Gasteiger partial charge is 0.335 e. The van der Waals surface area contributed by atoms with Crippen molar-refractivity contribution in [3.63, 3.8) is 0 Å². The Morgan fingerprint density at radius 1 is 1.21 bits per heavy atom. The summed E-state index contributed by atoms with van der Waals surface area (Å²) in [6.45, 7) is 0.442. The minimum absolute atomic E-state index is 0.146. The molecule has 0 aliphatic heterocycles. The number of allylic oxidation sites excluding steroid dienone is 5. The van der Waals surface area contributed by atoms with Crippen molar-refractivity contribution in [2.75, 3.05) is 0 Å². The molecule has 1 aromatic heterocycles. The molecule has 0 unspecified atom stereocenters. The molecule has 0 amide bonds. The Morgan fingerprint density at radius 3 is 2.82 bits per heavy atom. The van der Waals surface area contributed by atoms with Gasteiger partial charge in [0.15, 0.2) is 5.58 Å². The van der Waals surface area contributed by atoms with Crippen molar-refractivity contribution < 1.29 is 19.1 Å². The Balaban J connectivity index is 1.60. The van der Waals surface area contributed by atoms with Crippen molar-refractivity contribution in [3.8, 4) is 0 Å². The number of fused-ring (bicyclic) bond motifs is 1. The molecule has 1 aliphatic carbocycles. The third-order valence-corrected chi connectivity index (χ3v) is 4.64. The number of carboxylic acid groups (broad SMARTS) is 1. The minimum atomic E-state index is -1.02. The largest absolute Gasteiger partial charge is 0.489 e. The van der Waals surface area contributed by atoms with Gasteiger partial charge < -0.3 is 14.3 Å². The highest BCUT2D eigenvalue weighted by Crippen LogP contribution is 2.31. The van der Waals surface area contributed by atoms with Gasteiger partial charge in [-0.3, -0.25) is 0 Å². The van der Waals surface area contributed by atoms with E-state index in [0.717, 1.165) is 5.56 Å². The number of hydrogen-bond donors (Lipinski definition) is 1. The molecule has 4 rings (SSSR count). The number of aromatic carboxylic acids is 1. The Morgan fingerprint density at radius 2 is 2.04 bits per heavy atom. The fraction of sp³-hybridized carbons (Fsp3) is 0.0909. The molecule has 1 heterocycles. The third-order valence-electron chi connectivity index (χ3n) is 4.30. The van der Waals surface area contributed by atoms with Crippen LogP contribution in [-0.2, 0) is 11.3 Å². The highest BCUT2D eigenvalue weighted by Gasteiger charge is 2.17. The van der Waals surface area contributed by atoms with Crippen LogP contribution in [0.25, 0.3) is 16.7 Å². The Kier molecular flexibility index (Phi) is 5.00. The summed E-state index contributed by atoms with van der Waals surface area (Å²) in [7, 11) is 0. The first-order chi connectivity index (χ1) is 13.6. The fourth-order valence-electron chi connectivity index (χ4n) is 2.86. The quantitative estimate of drug-likeness (QED) is 0.616. The van der Waals surface area contributed by atoms with Gasteiger partial charge in [-0.05, 0) is 42.3 Å². The number of hydrogen-bond acceptors (Lipinski definition) is 4. The van der Waals surface area contributed by atoms with Crippen LogP contribution in [0.15, 0.2) is 82.0 Å². The number of rotatable bonds is 5. The molecule has 28 heavy (non-hydrogen) atoms. The van der Waals surface area contributed by atoms with Crippen LogP contribution in [0.1, 0.15) is 28.2 Å². The maximum atomic E-state index is 11.1. The van der Waals surface area contributed by atoms with Gasteiger partial charge in [0.2, 0.25) is 5.89 Å². The van der Waals surface area contributed by atoms with Crippen LogP contribution >= 0.6 is 11.6 Å². The van der Waals surface area contributed by atoms with Gasteiger partial charge in [-0.2, -0.15) is 0 Å². The molecule has 1 aliphatic rings. The average Bonchev–Trinajstić information content (AvgIpc) is 3.03. The van der Waals surface area contributed by atoms with E-state index in [1.54, 1.807) is 12.1 Å². The normalized spacial score (nSPS) is 14.1. The molecule has 3 aromatic rings. The highest BCUT2D eigenvalue weighted by atomic mass is 35.5. The molecule has 0 bridgehead atoms. The lowest BCUT2D eigenvalue weighted by Crippen LogP contribution is -1.94. The van der Waals surface area contributed by atoms with Crippen LogP contribution in [0.5, 0.6) is 0 Å². The second-order valence-electron chi connectivity index (χ2n) is 6.26. The van der Waals surface area contributed by atoms with Crippen LogP contribution in [0.2, 0.25) is 0 Å². The number of nitrogens with zero attached hydrogens (tertiary/aromatic N) is 1. The summed E-state index contributed by atoms with van der Waals surface area (Å²) in [5.74, 6) is -0.00138. The van der Waals surface area contributed by atoms with Crippen molar-refractivity contribution in [3.05, 3.63) is 94.6 Å². The zero-order valence-electron chi connectivity index (χ0n) is 14.8. The van der Waals surface area contributed by atoms with E-state index in [-0.39, 0.29) is 5.56 Å². The predicted octanol–water partition coefficient (Wildman–Crippen LogP) is 5.54. The summed E-state index contributed by atoms with van der Waals surface area (Å²) >= 11 is 6.50. The lowest BCUT2D eigenvalue weighted by molar-refractivity contribution is 0.0697. The number of halogens is 1. The first-order valence-electron chi connectivity index (χ1n) is 8.68. The van der Waals surface area contributed by atoms with E-state index >= 15 is 0 Å². The van der Waals surface area contributed by atoms with Crippen molar-refractivity contribution in [1.29, 1.82) is 0 Å². The van der Waals surface area contributed by atoms with Crippen molar-refractivity contribution in [1.82, 2.24) is 4.98 Å². The number of benzene rings is 2. The molecule has 1 N–H and O–H groups in total. The van der Waals surface area contributed by atoms with Gasteiger partial charge in [0.1, 0.15) is 17.9 Å². The molecule has 140 valence electrons. The molecule has 0 saturated carbocycles. The summed E-state index contributed by atoms with van der Waals surface area (Å²) in [4.78, 5) is 15.6. The lowest BCUT2D eigenvalue weighted by Gasteiger charge is -2.06. The van der Waals surface area contributed by atoms with Gasteiger partial charge in [0, 0.05) is 5.57 Å². The number of carboxylic acids is 1. The van der Waals surface area contributed by atoms with Gasteiger partial charge in [0.05, 0.1) is 10.6 Å². The summed E-state index contributed by atoms with van der Waals surface area (Å²) in [5, 5.41) is 9.59. The Labute approximate surface area is 166 Å². The maximum absolute atomic E-state index is 11.1. The average molecular weight is 394 g/mol.